The second kappa shape index (κ2) is 8.42. The van der Waals surface area contributed by atoms with Gasteiger partial charge in [-0.25, -0.2) is 4.68 Å². The van der Waals surface area contributed by atoms with Crippen LogP contribution in [0.3, 0.4) is 0 Å². The molecule has 3 rings (SSSR count). The number of nitrogens with zero attached hydrogens (tertiary/aromatic N) is 2. The van der Waals surface area contributed by atoms with E-state index in [9.17, 15) is 9.59 Å². The average molecular weight is 403 g/mol. The summed E-state index contributed by atoms with van der Waals surface area (Å²) in [6, 6.07) is 3.55. The van der Waals surface area contributed by atoms with Crippen LogP contribution >= 0.6 is 0 Å². The van der Waals surface area contributed by atoms with E-state index in [1.807, 2.05) is 13.0 Å². The Hall–Kier alpha value is -3.23. The summed E-state index contributed by atoms with van der Waals surface area (Å²) >= 11 is 0. The molecule has 0 saturated carbocycles. The van der Waals surface area contributed by atoms with Gasteiger partial charge in [0.15, 0.2) is 11.5 Å². The topological polar surface area (TPSA) is 101 Å². The lowest BCUT2D eigenvalue weighted by molar-refractivity contribution is -0.144. The lowest BCUT2D eigenvalue weighted by Gasteiger charge is -2.26. The Morgan fingerprint density at radius 1 is 1.17 bits per heavy atom. The van der Waals surface area contributed by atoms with Crippen LogP contribution in [-0.4, -0.2) is 49.6 Å². The molecule has 0 unspecified atom stereocenters. The number of aromatic nitrogens is 2. The number of esters is 1. The van der Waals surface area contributed by atoms with E-state index in [0.717, 1.165) is 11.1 Å². The molecule has 156 valence electrons. The maximum atomic E-state index is 12.5. The van der Waals surface area contributed by atoms with Gasteiger partial charge in [0.2, 0.25) is 5.91 Å². The molecule has 1 aliphatic heterocycles. The van der Waals surface area contributed by atoms with Crippen molar-refractivity contribution >= 4 is 17.7 Å². The van der Waals surface area contributed by atoms with Gasteiger partial charge in [-0.15, -0.1) is 0 Å². The molecule has 0 aliphatic carbocycles. The number of anilines is 1. The van der Waals surface area contributed by atoms with Crippen molar-refractivity contribution in [1.29, 1.82) is 0 Å². The van der Waals surface area contributed by atoms with Crippen molar-refractivity contribution in [2.45, 2.75) is 32.7 Å². The molecular weight excluding hydrogens is 378 g/mol. The summed E-state index contributed by atoms with van der Waals surface area (Å²) in [6.45, 7) is 3.78. The van der Waals surface area contributed by atoms with E-state index in [4.69, 9.17) is 18.9 Å². The molecule has 9 nitrogen and oxygen atoms in total. The Morgan fingerprint density at radius 3 is 2.45 bits per heavy atom. The number of carbonyl (C=O) groups is 2. The number of nitrogens with one attached hydrogen (secondary N) is 1. The van der Waals surface area contributed by atoms with Gasteiger partial charge in [-0.05, 0) is 19.9 Å². The van der Waals surface area contributed by atoms with Gasteiger partial charge in [-0.1, -0.05) is 0 Å². The maximum Gasteiger partial charge on any atom is 0.327 e. The first-order valence-electron chi connectivity index (χ1n) is 9.26. The predicted molar refractivity (Wildman–Crippen MR) is 105 cm³/mol. The van der Waals surface area contributed by atoms with Gasteiger partial charge in [0.1, 0.15) is 18.1 Å². The second-order valence-electron chi connectivity index (χ2n) is 6.56. The molecular formula is C20H25N3O6. The molecule has 1 amide bonds. The SMILES string of the molecule is CCOC(=O)Cn1nc(C)c2c1NC(=O)C[C@@H]2c1cc(OC)c(OC)cc1OC. The summed E-state index contributed by atoms with van der Waals surface area (Å²) in [5.41, 5.74) is 2.32. The minimum absolute atomic E-state index is 0.0833. The minimum Gasteiger partial charge on any atom is -0.496 e. The molecule has 0 saturated heterocycles. The van der Waals surface area contributed by atoms with Crippen LogP contribution in [-0.2, 0) is 20.9 Å². The Morgan fingerprint density at radius 2 is 1.83 bits per heavy atom. The fourth-order valence-corrected chi connectivity index (χ4v) is 3.65. The highest BCUT2D eigenvalue weighted by molar-refractivity contribution is 5.95. The largest absolute Gasteiger partial charge is 0.496 e. The third kappa shape index (κ3) is 3.85. The standard InChI is InChI=1S/C20H25N3O6/c1-6-29-18(25)10-23-20-19(11(2)22-23)13(8-17(24)21-20)12-7-15(27-4)16(28-5)9-14(12)26-3/h7,9,13H,6,8,10H2,1-5H3,(H,21,24)/t13-/m1/s1. The highest BCUT2D eigenvalue weighted by Crippen LogP contribution is 2.45. The minimum atomic E-state index is -0.419. The van der Waals surface area contributed by atoms with E-state index in [1.54, 1.807) is 34.3 Å². The number of rotatable bonds is 7. The third-order valence-electron chi connectivity index (χ3n) is 4.87. The first-order chi connectivity index (χ1) is 13.9. The smallest absolute Gasteiger partial charge is 0.327 e. The first kappa shape index (κ1) is 20.5. The number of amides is 1. The van der Waals surface area contributed by atoms with E-state index in [-0.39, 0.29) is 31.4 Å². The fourth-order valence-electron chi connectivity index (χ4n) is 3.65. The van der Waals surface area contributed by atoms with Crippen molar-refractivity contribution in [3.63, 3.8) is 0 Å². The van der Waals surface area contributed by atoms with Gasteiger partial charge in [0.05, 0.1) is 33.6 Å². The van der Waals surface area contributed by atoms with Crippen LogP contribution in [0.5, 0.6) is 17.2 Å². The Labute approximate surface area is 168 Å². The third-order valence-corrected chi connectivity index (χ3v) is 4.87. The molecule has 0 radical (unpaired) electrons. The lowest BCUT2D eigenvalue weighted by Crippen LogP contribution is -2.26. The second-order valence-corrected chi connectivity index (χ2v) is 6.56. The van der Waals surface area contributed by atoms with E-state index in [2.05, 4.69) is 10.4 Å². The van der Waals surface area contributed by atoms with Gasteiger partial charge in [0, 0.05) is 29.5 Å². The van der Waals surface area contributed by atoms with Crippen molar-refractivity contribution in [2.24, 2.45) is 0 Å². The molecule has 0 bridgehead atoms. The molecule has 1 N–H and O–H groups in total. The molecule has 1 aromatic heterocycles. The van der Waals surface area contributed by atoms with Gasteiger partial charge in [-0.3, -0.25) is 9.59 Å². The average Bonchev–Trinajstić information content (AvgIpc) is 3.01. The zero-order valence-electron chi connectivity index (χ0n) is 17.2. The van der Waals surface area contributed by atoms with Crippen LogP contribution in [0.4, 0.5) is 5.82 Å². The Kier molecular flexibility index (Phi) is 5.95. The van der Waals surface area contributed by atoms with Crippen molar-refractivity contribution < 1.29 is 28.5 Å². The normalized spacial score (nSPS) is 15.3. The summed E-state index contributed by atoms with van der Waals surface area (Å²) in [6.07, 6.45) is 0.213. The number of fused-ring (bicyclic) bond motifs is 1. The monoisotopic (exact) mass is 403 g/mol. The molecule has 29 heavy (non-hydrogen) atoms. The van der Waals surface area contributed by atoms with Crippen LogP contribution in [0.25, 0.3) is 0 Å². The van der Waals surface area contributed by atoms with Crippen LogP contribution in [0.15, 0.2) is 12.1 Å². The van der Waals surface area contributed by atoms with Gasteiger partial charge in [0.25, 0.3) is 0 Å². The van der Waals surface area contributed by atoms with Crippen LogP contribution in [0, 0.1) is 6.92 Å². The van der Waals surface area contributed by atoms with Gasteiger partial charge >= 0.3 is 5.97 Å². The predicted octanol–water partition coefficient (Wildman–Crippen LogP) is 2.25. The molecule has 1 atom stereocenters. The number of methoxy groups -OCH3 is 3. The number of hydrogen-bond acceptors (Lipinski definition) is 7. The number of ether oxygens (including phenoxy) is 4. The molecule has 0 fully saturated rings. The van der Waals surface area contributed by atoms with Crippen LogP contribution in [0.1, 0.15) is 36.1 Å². The summed E-state index contributed by atoms with van der Waals surface area (Å²) in [5.74, 6) is 1.22. The zero-order valence-corrected chi connectivity index (χ0v) is 17.2. The zero-order chi connectivity index (χ0) is 21.1. The van der Waals surface area contributed by atoms with Gasteiger partial charge in [-0.2, -0.15) is 5.10 Å². The van der Waals surface area contributed by atoms with Crippen molar-refractivity contribution in [3.05, 3.63) is 29.0 Å². The summed E-state index contributed by atoms with van der Waals surface area (Å²) < 4.78 is 22.8. The summed E-state index contributed by atoms with van der Waals surface area (Å²) in [7, 11) is 4.66. The first-order valence-corrected chi connectivity index (χ1v) is 9.26. The quantitative estimate of drug-likeness (QED) is 0.708. The van der Waals surface area contributed by atoms with Crippen molar-refractivity contribution in [1.82, 2.24) is 9.78 Å². The Balaban J connectivity index is 2.11. The number of carbonyl (C=O) groups excluding carboxylic acids is 2. The maximum absolute atomic E-state index is 12.5. The number of aryl methyl sites for hydroxylation is 1. The van der Waals surface area contributed by atoms with Crippen LogP contribution in [0.2, 0.25) is 0 Å². The van der Waals surface area contributed by atoms with E-state index < -0.39 is 5.97 Å². The molecule has 0 spiro atoms. The molecule has 2 aromatic rings. The highest BCUT2D eigenvalue weighted by atomic mass is 16.5. The lowest BCUT2D eigenvalue weighted by atomic mass is 9.85. The van der Waals surface area contributed by atoms with Crippen LogP contribution < -0.4 is 19.5 Å². The Bertz CT molecular complexity index is 937. The molecule has 9 heteroatoms. The van der Waals surface area contributed by atoms with Gasteiger partial charge < -0.3 is 24.3 Å². The number of hydrogen-bond donors (Lipinski definition) is 1. The highest BCUT2D eigenvalue weighted by Gasteiger charge is 2.35. The summed E-state index contributed by atoms with van der Waals surface area (Å²) in [4.78, 5) is 24.4. The fraction of sp³-hybridized carbons (Fsp3) is 0.450. The number of benzene rings is 1. The summed E-state index contributed by atoms with van der Waals surface area (Å²) in [5, 5.41) is 7.30. The molecule has 2 heterocycles. The molecule has 1 aliphatic rings. The molecule has 1 aromatic carbocycles. The van der Waals surface area contributed by atoms with Crippen molar-refractivity contribution in [3.8, 4) is 17.2 Å². The van der Waals surface area contributed by atoms with E-state index in [0.29, 0.717) is 28.8 Å². The van der Waals surface area contributed by atoms with E-state index >= 15 is 0 Å². The van der Waals surface area contributed by atoms with Crippen molar-refractivity contribution in [2.75, 3.05) is 33.3 Å². The van der Waals surface area contributed by atoms with E-state index in [1.165, 1.54) is 4.68 Å².